The molecule has 0 aliphatic carbocycles. The van der Waals surface area contributed by atoms with Crippen molar-refractivity contribution in [2.75, 3.05) is 18.0 Å². The molecule has 2 aromatic carbocycles. The smallest absolute Gasteiger partial charge is 0.251 e. The number of anilines is 1. The van der Waals surface area contributed by atoms with Gasteiger partial charge in [-0.15, -0.1) is 11.3 Å². The van der Waals surface area contributed by atoms with Crippen molar-refractivity contribution < 1.29 is 9.59 Å². The first kappa shape index (κ1) is 18.7. The lowest BCUT2D eigenvalue weighted by atomic mass is 9.96. The van der Waals surface area contributed by atoms with Gasteiger partial charge in [-0.1, -0.05) is 35.9 Å². The number of hydrogen-bond donors (Lipinski definition) is 0. The first-order valence-electron chi connectivity index (χ1n) is 9.82. The molecule has 2 amide bonds. The Morgan fingerprint density at radius 3 is 2.48 bits per heavy atom. The van der Waals surface area contributed by atoms with Crippen molar-refractivity contribution in [1.29, 1.82) is 0 Å². The van der Waals surface area contributed by atoms with Crippen LogP contribution in [0.15, 0.2) is 48.5 Å². The molecule has 0 spiro atoms. The number of piperidine rings is 1. The number of amides is 2. The predicted molar refractivity (Wildman–Crippen MR) is 116 cm³/mol. The van der Waals surface area contributed by atoms with Crippen LogP contribution in [-0.2, 0) is 9.59 Å². The summed E-state index contributed by atoms with van der Waals surface area (Å²) in [6, 6.07) is 14.8. The molecule has 2 aliphatic heterocycles. The van der Waals surface area contributed by atoms with E-state index in [1.54, 1.807) is 35.6 Å². The molecule has 2 saturated heterocycles. The van der Waals surface area contributed by atoms with Crippen LogP contribution in [0.3, 0.4) is 0 Å². The molecular formula is C22H20ClN3O2S. The quantitative estimate of drug-likeness (QED) is 0.581. The number of hydrogen-bond acceptors (Lipinski definition) is 5. The largest absolute Gasteiger partial charge is 0.291 e. The molecule has 0 bridgehead atoms. The van der Waals surface area contributed by atoms with Gasteiger partial charge in [0.05, 0.1) is 38.4 Å². The number of nitrogens with zero attached hydrogens (tertiary/aromatic N) is 3. The summed E-state index contributed by atoms with van der Waals surface area (Å²) < 4.78 is 1.22. The number of carbonyl (C=O) groups is 2. The van der Waals surface area contributed by atoms with E-state index < -0.39 is 6.04 Å². The third kappa shape index (κ3) is 3.35. The van der Waals surface area contributed by atoms with Gasteiger partial charge in [-0.05, 0) is 50.2 Å². The van der Waals surface area contributed by atoms with Gasteiger partial charge in [-0.3, -0.25) is 14.5 Å². The average Bonchev–Trinajstić information content (AvgIpc) is 3.30. The summed E-state index contributed by atoms with van der Waals surface area (Å²) >= 11 is 7.99. The molecule has 0 radical (unpaired) electrons. The van der Waals surface area contributed by atoms with E-state index in [1.165, 1.54) is 14.6 Å². The summed E-state index contributed by atoms with van der Waals surface area (Å²) in [6.07, 6.45) is 2.11. The Kier molecular flexibility index (Phi) is 4.86. The Hall–Kier alpha value is -2.28. The normalized spacial score (nSPS) is 21.4. The first-order valence-corrected chi connectivity index (χ1v) is 11.0. The second-order valence-electron chi connectivity index (χ2n) is 7.57. The molecule has 5 nitrogen and oxygen atoms in total. The number of carbonyl (C=O) groups excluding carboxylic acids is 2. The van der Waals surface area contributed by atoms with Gasteiger partial charge in [0, 0.05) is 5.92 Å². The molecule has 148 valence electrons. The van der Waals surface area contributed by atoms with Crippen LogP contribution in [0.5, 0.6) is 0 Å². The Balaban J connectivity index is 1.29. The summed E-state index contributed by atoms with van der Waals surface area (Å²) in [7, 11) is 0. The van der Waals surface area contributed by atoms with Crippen molar-refractivity contribution in [2.24, 2.45) is 0 Å². The maximum Gasteiger partial charge on any atom is 0.251 e. The highest BCUT2D eigenvalue weighted by atomic mass is 35.5. The summed E-state index contributed by atoms with van der Waals surface area (Å²) in [6.45, 7) is 1.58. The Morgan fingerprint density at radius 2 is 1.72 bits per heavy atom. The fraction of sp³-hybridized carbons (Fsp3) is 0.318. The van der Waals surface area contributed by atoms with Crippen molar-refractivity contribution in [1.82, 2.24) is 9.88 Å². The Bertz CT molecular complexity index is 1060. The van der Waals surface area contributed by atoms with E-state index >= 15 is 0 Å². The molecule has 3 heterocycles. The van der Waals surface area contributed by atoms with E-state index in [0.717, 1.165) is 31.4 Å². The van der Waals surface area contributed by atoms with E-state index in [9.17, 15) is 9.59 Å². The van der Waals surface area contributed by atoms with Crippen LogP contribution in [0, 0.1) is 0 Å². The highest BCUT2D eigenvalue weighted by molar-refractivity contribution is 7.18. The SMILES string of the molecule is O=C1C[C@@H](N2CCC(c3nc4ccccc4s3)CC2)C(=O)N1c1ccccc1Cl. The van der Waals surface area contributed by atoms with Gasteiger partial charge in [0.2, 0.25) is 5.91 Å². The molecule has 0 unspecified atom stereocenters. The number of halogens is 1. The Morgan fingerprint density at radius 1 is 1.00 bits per heavy atom. The van der Waals surface area contributed by atoms with Gasteiger partial charge in [0.15, 0.2) is 0 Å². The second-order valence-corrected chi connectivity index (χ2v) is 9.04. The van der Waals surface area contributed by atoms with E-state index in [0.29, 0.717) is 16.6 Å². The summed E-state index contributed by atoms with van der Waals surface area (Å²) in [5.74, 6) is 0.0680. The van der Waals surface area contributed by atoms with Crippen molar-refractivity contribution in [2.45, 2.75) is 31.2 Å². The van der Waals surface area contributed by atoms with Gasteiger partial charge in [-0.2, -0.15) is 0 Å². The summed E-state index contributed by atoms with van der Waals surface area (Å²) in [4.78, 5) is 33.8. The van der Waals surface area contributed by atoms with E-state index in [1.807, 2.05) is 12.1 Å². The lowest BCUT2D eigenvalue weighted by Gasteiger charge is -2.34. The minimum Gasteiger partial charge on any atom is -0.291 e. The van der Waals surface area contributed by atoms with Gasteiger partial charge in [0.25, 0.3) is 5.91 Å². The van der Waals surface area contributed by atoms with E-state index in [-0.39, 0.29) is 18.2 Å². The van der Waals surface area contributed by atoms with E-state index in [4.69, 9.17) is 16.6 Å². The average molecular weight is 426 g/mol. The van der Waals surface area contributed by atoms with Gasteiger partial charge >= 0.3 is 0 Å². The van der Waals surface area contributed by atoms with Crippen LogP contribution in [0.2, 0.25) is 5.02 Å². The van der Waals surface area contributed by atoms with Crippen LogP contribution in [0.4, 0.5) is 5.69 Å². The molecule has 29 heavy (non-hydrogen) atoms. The molecule has 2 fully saturated rings. The molecule has 0 saturated carbocycles. The maximum absolute atomic E-state index is 13.0. The predicted octanol–water partition coefficient (Wildman–Crippen LogP) is 4.46. The molecule has 1 atom stereocenters. The van der Waals surface area contributed by atoms with Crippen LogP contribution >= 0.6 is 22.9 Å². The lowest BCUT2D eigenvalue weighted by Crippen LogP contribution is -2.45. The number of para-hydroxylation sites is 2. The van der Waals surface area contributed by atoms with Gasteiger partial charge in [0.1, 0.15) is 0 Å². The van der Waals surface area contributed by atoms with Crippen LogP contribution in [0.25, 0.3) is 10.2 Å². The Labute approximate surface area is 177 Å². The zero-order chi connectivity index (χ0) is 20.0. The molecule has 7 heteroatoms. The maximum atomic E-state index is 13.0. The van der Waals surface area contributed by atoms with Crippen molar-refractivity contribution in [3.05, 3.63) is 58.6 Å². The molecular weight excluding hydrogens is 406 g/mol. The minimum atomic E-state index is -0.393. The number of aromatic nitrogens is 1. The number of likely N-dealkylation sites (tertiary alicyclic amines) is 1. The van der Waals surface area contributed by atoms with Crippen LogP contribution in [0.1, 0.15) is 30.2 Å². The van der Waals surface area contributed by atoms with Crippen molar-refractivity contribution >= 4 is 50.7 Å². The standard InChI is InChI=1S/C22H20ClN3O2S/c23-15-5-1-3-7-17(15)26-20(27)13-18(22(26)28)25-11-9-14(10-12-25)21-24-16-6-2-4-8-19(16)29-21/h1-8,14,18H,9-13H2/t18-/m1/s1. The highest BCUT2D eigenvalue weighted by Gasteiger charge is 2.44. The van der Waals surface area contributed by atoms with Crippen molar-refractivity contribution in [3.8, 4) is 0 Å². The second kappa shape index (κ2) is 7.52. The molecule has 5 rings (SSSR count). The minimum absolute atomic E-state index is 0.165. The number of imide groups is 1. The van der Waals surface area contributed by atoms with Gasteiger partial charge < -0.3 is 0 Å². The molecule has 2 aliphatic rings. The van der Waals surface area contributed by atoms with E-state index in [2.05, 4.69) is 17.0 Å². The summed E-state index contributed by atoms with van der Waals surface area (Å²) in [5, 5.41) is 1.60. The molecule has 0 N–H and O–H groups in total. The fourth-order valence-corrected chi connectivity index (χ4v) is 5.67. The fourth-order valence-electron chi connectivity index (χ4n) is 4.31. The zero-order valence-electron chi connectivity index (χ0n) is 15.8. The topological polar surface area (TPSA) is 53.5 Å². The third-order valence-electron chi connectivity index (χ3n) is 5.85. The number of thiazole rings is 1. The number of rotatable bonds is 3. The number of fused-ring (bicyclic) bond motifs is 1. The van der Waals surface area contributed by atoms with Crippen LogP contribution < -0.4 is 4.90 Å². The zero-order valence-corrected chi connectivity index (χ0v) is 17.3. The third-order valence-corrected chi connectivity index (χ3v) is 7.36. The first-order chi connectivity index (χ1) is 14.1. The van der Waals surface area contributed by atoms with Crippen molar-refractivity contribution in [3.63, 3.8) is 0 Å². The highest BCUT2D eigenvalue weighted by Crippen LogP contribution is 2.36. The molecule has 3 aromatic rings. The lowest BCUT2D eigenvalue weighted by molar-refractivity contribution is -0.123. The molecule has 1 aromatic heterocycles. The van der Waals surface area contributed by atoms with Crippen LogP contribution in [-0.4, -0.2) is 40.8 Å². The summed E-state index contributed by atoms with van der Waals surface area (Å²) in [5.41, 5.74) is 1.54. The number of benzene rings is 2. The monoisotopic (exact) mass is 425 g/mol. The van der Waals surface area contributed by atoms with Gasteiger partial charge in [-0.25, -0.2) is 9.88 Å².